The van der Waals surface area contributed by atoms with Gasteiger partial charge in [-0.15, -0.1) is 0 Å². The van der Waals surface area contributed by atoms with Crippen LogP contribution in [0.15, 0.2) is 51.7 Å². The molecule has 2 aromatic carbocycles. The van der Waals surface area contributed by atoms with Gasteiger partial charge in [-0.1, -0.05) is 26.0 Å². The number of para-hydroxylation sites is 2. The lowest BCUT2D eigenvalue weighted by Crippen LogP contribution is -2.24. The molecule has 0 saturated heterocycles. The first-order valence-corrected chi connectivity index (χ1v) is 9.40. The highest BCUT2D eigenvalue weighted by Crippen LogP contribution is 2.31. The first-order chi connectivity index (χ1) is 13.6. The monoisotopic (exact) mass is 384 g/mol. The molecule has 3 rings (SSSR count). The van der Waals surface area contributed by atoms with Crippen LogP contribution in [0.2, 0.25) is 0 Å². The molecule has 0 bridgehead atoms. The SMILES string of the molecule is CCCOc1ccc(NC(=O)Cn2c(=O)oc3ccccc32)cc1OCCC. The molecule has 0 unspecified atom stereocenters. The van der Waals surface area contributed by atoms with Crippen molar-refractivity contribution in [1.29, 1.82) is 0 Å². The topological polar surface area (TPSA) is 82.7 Å². The summed E-state index contributed by atoms with van der Waals surface area (Å²) in [6.07, 6.45) is 1.75. The number of hydrogen-bond acceptors (Lipinski definition) is 5. The maximum atomic E-state index is 12.5. The molecule has 0 spiro atoms. The van der Waals surface area contributed by atoms with E-state index in [4.69, 9.17) is 13.9 Å². The third-order valence-electron chi connectivity index (χ3n) is 4.03. The van der Waals surface area contributed by atoms with Crippen LogP contribution in [0.1, 0.15) is 26.7 Å². The Bertz CT molecular complexity index is 1010. The van der Waals surface area contributed by atoms with Gasteiger partial charge in [0, 0.05) is 11.8 Å². The van der Waals surface area contributed by atoms with E-state index in [1.54, 1.807) is 42.5 Å². The zero-order valence-corrected chi connectivity index (χ0v) is 16.1. The second-order valence-corrected chi connectivity index (χ2v) is 6.33. The molecule has 148 valence electrons. The fourth-order valence-electron chi connectivity index (χ4n) is 2.75. The van der Waals surface area contributed by atoms with E-state index in [1.165, 1.54) is 4.57 Å². The van der Waals surface area contributed by atoms with Crippen molar-refractivity contribution in [2.75, 3.05) is 18.5 Å². The van der Waals surface area contributed by atoms with E-state index in [2.05, 4.69) is 5.32 Å². The third kappa shape index (κ3) is 4.54. The van der Waals surface area contributed by atoms with Crippen molar-refractivity contribution < 1.29 is 18.7 Å². The Kier molecular flexibility index (Phi) is 6.37. The van der Waals surface area contributed by atoms with E-state index >= 15 is 0 Å². The summed E-state index contributed by atoms with van der Waals surface area (Å²) in [5.41, 5.74) is 1.60. The van der Waals surface area contributed by atoms with Gasteiger partial charge in [-0.05, 0) is 37.1 Å². The highest BCUT2D eigenvalue weighted by molar-refractivity contribution is 5.91. The molecule has 3 aromatic rings. The average molecular weight is 384 g/mol. The number of nitrogens with one attached hydrogen (secondary N) is 1. The Morgan fingerprint density at radius 2 is 1.75 bits per heavy atom. The van der Waals surface area contributed by atoms with Crippen LogP contribution in [0.5, 0.6) is 11.5 Å². The number of hydrogen-bond donors (Lipinski definition) is 1. The lowest BCUT2D eigenvalue weighted by Gasteiger charge is -2.14. The Hall–Kier alpha value is -3.22. The van der Waals surface area contributed by atoms with Gasteiger partial charge in [0.1, 0.15) is 6.54 Å². The molecule has 0 radical (unpaired) electrons. The van der Waals surface area contributed by atoms with Gasteiger partial charge in [-0.3, -0.25) is 9.36 Å². The molecular weight excluding hydrogens is 360 g/mol. The maximum Gasteiger partial charge on any atom is 0.420 e. The normalized spacial score (nSPS) is 10.8. The first-order valence-electron chi connectivity index (χ1n) is 9.40. The molecule has 1 amide bonds. The van der Waals surface area contributed by atoms with E-state index in [1.807, 2.05) is 13.8 Å². The quantitative estimate of drug-likeness (QED) is 0.607. The number of rotatable bonds is 9. The molecule has 1 N–H and O–H groups in total. The molecular formula is C21H24N2O5. The number of ether oxygens (including phenoxy) is 2. The predicted octanol–water partition coefficient (Wildman–Crippen LogP) is 3.81. The van der Waals surface area contributed by atoms with Crippen molar-refractivity contribution in [3.8, 4) is 11.5 Å². The van der Waals surface area contributed by atoms with Crippen molar-refractivity contribution in [2.45, 2.75) is 33.2 Å². The van der Waals surface area contributed by atoms with Crippen molar-refractivity contribution in [3.63, 3.8) is 0 Å². The van der Waals surface area contributed by atoms with Gasteiger partial charge in [0.05, 0.1) is 18.7 Å². The fraction of sp³-hybridized carbons (Fsp3) is 0.333. The largest absolute Gasteiger partial charge is 0.490 e. The van der Waals surface area contributed by atoms with E-state index < -0.39 is 5.76 Å². The summed E-state index contributed by atoms with van der Waals surface area (Å²) in [5.74, 6) is 0.327. The zero-order chi connectivity index (χ0) is 19.9. The van der Waals surface area contributed by atoms with Crippen LogP contribution in [-0.2, 0) is 11.3 Å². The molecule has 0 aliphatic heterocycles. The molecule has 0 fully saturated rings. The summed E-state index contributed by atoms with van der Waals surface area (Å²) < 4.78 is 17.9. The van der Waals surface area contributed by atoms with Gasteiger partial charge in [0.15, 0.2) is 17.1 Å². The molecule has 1 heterocycles. The van der Waals surface area contributed by atoms with E-state index in [0.717, 1.165) is 12.8 Å². The summed E-state index contributed by atoms with van der Waals surface area (Å²) in [6, 6.07) is 12.2. The van der Waals surface area contributed by atoms with Crippen molar-refractivity contribution in [1.82, 2.24) is 4.57 Å². The average Bonchev–Trinajstić information content (AvgIpc) is 3.00. The van der Waals surface area contributed by atoms with E-state index in [0.29, 0.717) is 41.5 Å². The first kappa shape index (κ1) is 19.5. The molecule has 7 heteroatoms. The Morgan fingerprint density at radius 1 is 1.04 bits per heavy atom. The number of oxazole rings is 1. The Morgan fingerprint density at radius 3 is 2.50 bits per heavy atom. The summed E-state index contributed by atoms with van der Waals surface area (Å²) in [4.78, 5) is 24.5. The minimum Gasteiger partial charge on any atom is -0.490 e. The highest BCUT2D eigenvalue weighted by atomic mass is 16.5. The smallest absolute Gasteiger partial charge is 0.420 e. The van der Waals surface area contributed by atoms with E-state index in [-0.39, 0.29) is 12.5 Å². The van der Waals surface area contributed by atoms with Crippen LogP contribution in [-0.4, -0.2) is 23.7 Å². The standard InChI is InChI=1S/C21H24N2O5/c1-3-11-26-18-10-9-15(13-19(18)27-12-4-2)22-20(24)14-23-16-7-5-6-8-17(16)28-21(23)25/h5-10,13H,3-4,11-12,14H2,1-2H3,(H,22,24). The lowest BCUT2D eigenvalue weighted by molar-refractivity contribution is -0.116. The number of carbonyl (C=O) groups is 1. The summed E-state index contributed by atoms with van der Waals surface area (Å²) in [6.45, 7) is 5.05. The maximum absolute atomic E-state index is 12.5. The van der Waals surface area contributed by atoms with E-state index in [9.17, 15) is 9.59 Å². The van der Waals surface area contributed by atoms with Crippen LogP contribution in [0, 0.1) is 0 Å². The Labute approximate surface area is 162 Å². The number of aromatic nitrogens is 1. The molecule has 1 aromatic heterocycles. The molecule has 0 aliphatic carbocycles. The van der Waals surface area contributed by atoms with Gasteiger partial charge in [-0.2, -0.15) is 0 Å². The number of nitrogens with zero attached hydrogens (tertiary/aromatic N) is 1. The molecule has 0 atom stereocenters. The molecule has 0 saturated carbocycles. The molecule has 28 heavy (non-hydrogen) atoms. The minimum absolute atomic E-state index is 0.144. The van der Waals surface area contributed by atoms with Gasteiger partial charge in [0.25, 0.3) is 0 Å². The van der Waals surface area contributed by atoms with Crippen LogP contribution >= 0.6 is 0 Å². The number of fused-ring (bicyclic) bond motifs is 1. The number of carbonyl (C=O) groups excluding carboxylic acids is 1. The van der Waals surface area contributed by atoms with Crippen LogP contribution in [0.25, 0.3) is 11.1 Å². The molecule has 0 aliphatic rings. The Balaban J connectivity index is 1.75. The summed E-state index contributed by atoms with van der Waals surface area (Å²) >= 11 is 0. The minimum atomic E-state index is -0.563. The predicted molar refractivity (Wildman–Crippen MR) is 107 cm³/mol. The van der Waals surface area contributed by atoms with Gasteiger partial charge >= 0.3 is 5.76 Å². The summed E-state index contributed by atoms with van der Waals surface area (Å²) in [7, 11) is 0. The number of amides is 1. The second-order valence-electron chi connectivity index (χ2n) is 6.33. The van der Waals surface area contributed by atoms with Gasteiger partial charge in [0.2, 0.25) is 5.91 Å². The van der Waals surface area contributed by atoms with Crippen LogP contribution < -0.4 is 20.5 Å². The second kappa shape index (κ2) is 9.12. The highest BCUT2D eigenvalue weighted by Gasteiger charge is 2.14. The fourth-order valence-corrected chi connectivity index (χ4v) is 2.75. The number of anilines is 1. The third-order valence-corrected chi connectivity index (χ3v) is 4.03. The van der Waals surface area contributed by atoms with Gasteiger partial charge < -0.3 is 19.2 Å². The lowest BCUT2D eigenvalue weighted by atomic mass is 10.2. The van der Waals surface area contributed by atoms with Crippen molar-refractivity contribution in [3.05, 3.63) is 53.0 Å². The van der Waals surface area contributed by atoms with Crippen molar-refractivity contribution >= 4 is 22.7 Å². The van der Waals surface area contributed by atoms with Crippen LogP contribution in [0.3, 0.4) is 0 Å². The zero-order valence-electron chi connectivity index (χ0n) is 16.1. The summed E-state index contributed by atoms with van der Waals surface area (Å²) in [5, 5.41) is 2.80. The molecule has 7 nitrogen and oxygen atoms in total. The van der Waals surface area contributed by atoms with Crippen LogP contribution in [0.4, 0.5) is 5.69 Å². The van der Waals surface area contributed by atoms with Gasteiger partial charge in [-0.25, -0.2) is 4.79 Å². The van der Waals surface area contributed by atoms with Crippen molar-refractivity contribution in [2.24, 2.45) is 0 Å². The number of benzene rings is 2.